The molecular weight excluding hydrogens is 288 g/mol. The molecule has 2 aromatic heterocycles. The minimum atomic E-state index is -3.67. The Kier molecular flexibility index (Phi) is 4.74. The van der Waals surface area contributed by atoms with Gasteiger partial charge in [0.05, 0.1) is 0 Å². The Morgan fingerprint density at radius 2 is 1.95 bits per heavy atom. The molecule has 0 bridgehead atoms. The number of nitrogens with zero attached hydrogens (tertiary/aromatic N) is 2. The lowest BCUT2D eigenvalue weighted by Gasteiger charge is -2.08. The van der Waals surface area contributed by atoms with Crippen molar-refractivity contribution in [2.24, 2.45) is 0 Å². The van der Waals surface area contributed by atoms with Gasteiger partial charge in [0.1, 0.15) is 16.5 Å². The quantitative estimate of drug-likeness (QED) is 0.856. The molecule has 0 aliphatic rings. The highest BCUT2D eigenvalue weighted by Crippen LogP contribution is 2.15. The molecule has 21 heavy (non-hydrogen) atoms. The fourth-order valence-electron chi connectivity index (χ4n) is 1.69. The van der Waals surface area contributed by atoms with Gasteiger partial charge < -0.3 is 5.32 Å². The van der Waals surface area contributed by atoms with Crippen molar-refractivity contribution in [1.29, 1.82) is 0 Å². The van der Waals surface area contributed by atoms with Gasteiger partial charge in [0, 0.05) is 18.4 Å². The highest BCUT2D eigenvalue weighted by Gasteiger charge is 2.15. The first-order valence-corrected chi connectivity index (χ1v) is 8.16. The lowest BCUT2D eigenvalue weighted by atomic mass is 10.4. The van der Waals surface area contributed by atoms with E-state index in [1.54, 1.807) is 31.2 Å². The number of nitrogens with one attached hydrogen (secondary N) is 2. The van der Waals surface area contributed by atoms with E-state index in [4.69, 9.17) is 0 Å². The van der Waals surface area contributed by atoms with Gasteiger partial charge in [-0.1, -0.05) is 13.0 Å². The van der Waals surface area contributed by atoms with E-state index in [1.807, 2.05) is 6.92 Å². The summed E-state index contributed by atoms with van der Waals surface area (Å²) in [5.74, 6) is 0.952. The summed E-state index contributed by atoms with van der Waals surface area (Å²) in [5, 5.41) is 3.09. The summed E-state index contributed by atoms with van der Waals surface area (Å²) in [6.07, 6.45) is 2.30. The molecule has 2 N–H and O–H groups in total. The van der Waals surface area contributed by atoms with Crippen molar-refractivity contribution >= 4 is 21.7 Å². The number of hydrogen-bond acceptors (Lipinski definition) is 5. The summed E-state index contributed by atoms with van der Waals surface area (Å²) < 4.78 is 26.9. The van der Waals surface area contributed by atoms with Crippen LogP contribution >= 0.6 is 0 Å². The predicted octanol–water partition coefficient (Wildman–Crippen LogP) is 2.41. The molecule has 0 aliphatic carbocycles. The summed E-state index contributed by atoms with van der Waals surface area (Å²) in [7, 11) is -3.67. The topological polar surface area (TPSA) is 84.0 Å². The minimum absolute atomic E-state index is 0.104. The minimum Gasteiger partial charge on any atom is -0.370 e. The molecular formula is C14H18N4O2S. The SMILES string of the molecule is CCCNc1ccc(S(=O)(=O)Nc2cccc(C)n2)cn1. The van der Waals surface area contributed by atoms with Gasteiger partial charge in [-0.05, 0) is 37.6 Å². The summed E-state index contributed by atoms with van der Waals surface area (Å²) >= 11 is 0. The van der Waals surface area contributed by atoms with Gasteiger partial charge in [-0.25, -0.2) is 18.4 Å². The van der Waals surface area contributed by atoms with Crippen molar-refractivity contribution in [3.63, 3.8) is 0 Å². The van der Waals surface area contributed by atoms with E-state index < -0.39 is 10.0 Å². The Morgan fingerprint density at radius 1 is 1.14 bits per heavy atom. The van der Waals surface area contributed by atoms with Gasteiger partial charge >= 0.3 is 0 Å². The number of anilines is 2. The van der Waals surface area contributed by atoms with Crippen LogP contribution in [-0.2, 0) is 10.0 Å². The third-order valence-corrected chi connectivity index (χ3v) is 4.07. The van der Waals surface area contributed by atoms with Gasteiger partial charge in [-0.3, -0.25) is 4.72 Å². The first-order valence-electron chi connectivity index (χ1n) is 6.67. The molecule has 7 heteroatoms. The second kappa shape index (κ2) is 6.53. The fraction of sp³-hybridized carbons (Fsp3) is 0.286. The lowest BCUT2D eigenvalue weighted by molar-refractivity contribution is 0.600. The van der Waals surface area contributed by atoms with Crippen molar-refractivity contribution in [2.75, 3.05) is 16.6 Å². The molecule has 0 radical (unpaired) electrons. The molecule has 0 aliphatic heterocycles. The molecule has 0 atom stereocenters. The van der Waals surface area contributed by atoms with E-state index in [0.29, 0.717) is 11.6 Å². The highest BCUT2D eigenvalue weighted by molar-refractivity contribution is 7.92. The van der Waals surface area contributed by atoms with Crippen molar-refractivity contribution in [1.82, 2.24) is 9.97 Å². The number of aryl methyl sites for hydroxylation is 1. The average Bonchev–Trinajstić information content (AvgIpc) is 2.45. The van der Waals surface area contributed by atoms with Gasteiger partial charge in [-0.15, -0.1) is 0 Å². The first-order chi connectivity index (χ1) is 10.0. The Bertz CT molecular complexity index is 699. The number of rotatable bonds is 6. The van der Waals surface area contributed by atoms with E-state index in [1.165, 1.54) is 12.3 Å². The molecule has 0 aromatic carbocycles. The van der Waals surface area contributed by atoms with Gasteiger partial charge in [0.15, 0.2) is 0 Å². The smallest absolute Gasteiger partial charge is 0.264 e. The molecule has 0 fully saturated rings. The van der Waals surface area contributed by atoms with Gasteiger partial charge in [0.25, 0.3) is 10.0 Å². The van der Waals surface area contributed by atoms with Crippen molar-refractivity contribution in [2.45, 2.75) is 25.2 Å². The lowest BCUT2D eigenvalue weighted by Crippen LogP contribution is -2.14. The van der Waals surface area contributed by atoms with Crippen LogP contribution in [-0.4, -0.2) is 24.9 Å². The molecule has 0 unspecified atom stereocenters. The molecule has 2 rings (SSSR count). The molecule has 0 saturated carbocycles. The first kappa shape index (κ1) is 15.2. The average molecular weight is 306 g/mol. The molecule has 0 saturated heterocycles. The maximum Gasteiger partial charge on any atom is 0.264 e. The van der Waals surface area contributed by atoms with Crippen LogP contribution in [0.15, 0.2) is 41.4 Å². The normalized spacial score (nSPS) is 11.1. The van der Waals surface area contributed by atoms with E-state index >= 15 is 0 Å². The second-order valence-electron chi connectivity index (χ2n) is 4.58. The van der Waals surface area contributed by atoms with Crippen LogP contribution in [0.4, 0.5) is 11.6 Å². The molecule has 2 aromatic rings. The molecule has 112 valence electrons. The van der Waals surface area contributed by atoms with E-state index in [2.05, 4.69) is 20.0 Å². The Hall–Kier alpha value is -2.15. The van der Waals surface area contributed by atoms with Crippen LogP contribution < -0.4 is 10.0 Å². The maximum absolute atomic E-state index is 12.2. The summed E-state index contributed by atoms with van der Waals surface area (Å²) in [6.45, 7) is 4.64. The van der Waals surface area contributed by atoms with Gasteiger partial charge in [0.2, 0.25) is 0 Å². The molecule has 0 amide bonds. The van der Waals surface area contributed by atoms with Crippen LogP contribution in [0, 0.1) is 6.92 Å². The Labute approximate surface area is 124 Å². The highest BCUT2D eigenvalue weighted by atomic mass is 32.2. The van der Waals surface area contributed by atoms with Crippen molar-refractivity contribution in [3.05, 3.63) is 42.2 Å². The zero-order valence-corrected chi connectivity index (χ0v) is 12.8. The van der Waals surface area contributed by atoms with E-state index in [-0.39, 0.29) is 4.90 Å². The second-order valence-corrected chi connectivity index (χ2v) is 6.26. The largest absolute Gasteiger partial charge is 0.370 e. The summed E-state index contributed by atoms with van der Waals surface area (Å²) in [5.41, 5.74) is 0.743. The van der Waals surface area contributed by atoms with Crippen LogP contribution in [0.5, 0.6) is 0 Å². The third-order valence-electron chi connectivity index (χ3n) is 2.73. The zero-order valence-electron chi connectivity index (χ0n) is 12.0. The van der Waals surface area contributed by atoms with Crippen LogP contribution in [0.3, 0.4) is 0 Å². The molecule has 2 heterocycles. The number of aromatic nitrogens is 2. The summed E-state index contributed by atoms with van der Waals surface area (Å²) in [6, 6.07) is 8.32. The predicted molar refractivity (Wildman–Crippen MR) is 82.8 cm³/mol. The van der Waals surface area contributed by atoms with E-state index in [9.17, 15) is 8.42 Å². The Balaban J connectivity index is 2.15. The number of sulfonamides is 1. The van der Waals surface area contributed by atoms with Crippen LogP contribution in [0.1, 0.15) is 19.0 Å². The van der Waals surface area contributed by atoms with Crippen LogP contribution in [0.25, 0.3) is 0 Å². The number of pyridine rings is 2. The van der Waals surface area contributed by atoms with Gasteiger partial charge in [-0.2, -0.15) is 0 Å². The maximum atomic E-state index is 12.2. The van der Waals surface area contributed by atoms with E-state index in [0.717, 1.165) is 18.7 Å². The number of hydrogen-bond donors (Lipinski definition) is 2. The zero-order chi connectivity index (χ0) is 15.3. The monoisotopic (exact) mass is 306 g/mol. The summed E-state index contributed by atoms with van der Waals surface area (Å²) in [4.78, 5) is 8.31. The van der Waals surface area contributed by atoms with Crippen molar-refractivity contribution in [3.8, 4) is 0 Å². The molecule has 6 nitrogen and oxygen atoms in total. The fourth-order valence-corrected chi connectivity index (χ4v) is 2.64. The van der Waals surface area contributed by atoms with Crippen molar-refractivity contribution < 1.29 is 8.42 Å². The molecule has 0 spiro atoms. The standard InChI is InChI=1S/C14H18N4O2S/c1-3-9-15-13-8-7-12(10-16-13)21(19,20)18-14-6-4-5-11(2)17-14/h4-8,10H,3,9H2,1-2H3,(H,15,16)(H,17,18). The van der Waals surface area contributed by atoms with Crippen LogP contribution in [0.2, 0.25) is 0 Å². The Morgan fingerprint density at radius 3 is 2.57 bits per heavy atom. The third kappa shape index (κ3) is 4.16.